The predicted octanol–water partition coefficient (Wildman–Crippen LogP) is 4.06. The van der Waals surface area contributed by atoms with Gasteiger partial charge in [-0.2, -0.15) is 0 Å². The number of halogens is 4. The van der Waals surface area contributed by atoms with E-state index in [0.29, 0.717) is 19.0 Å². The highest BCUT2D eigenvalue weighted by Crippen LogP contribution is 2.27. The van der Waals surface area contributed by atoms with Crippen molar-refractivity contribution in [3.05, 3.63) is 58.6 Å². The number of fused-ring (bicyclic) bond motifs is 1. The van der Waals surface area contributed by atoms with E-state index < -0.39 is 17.5 Å². The minimum absolute atomic E-state index is 0.000718. The lowest BCUT2D eigenvalue weighted by Gasteiger charge is -2.10. The van der Waals surface area contributed by atoms with Gasteiger partial charge in [-0.05, 0) is 24.1 Å². The molecule has 124 valence electrons. The van der Waals surface area contributed by atoms with Crippen molar-refractivity contribution in [3.8, 4) is 5.75 Å². The molecule has 0 saturated carbocycles. The number of hydrogen-bond acceptors (Lipinski definition) is 4. The van der Waals surface area contributed by atoms with Gasteiger partial charge in [-0.3, -0.25) is 0 Å². The van der Waals surface area contributed by atoms with Crippen LogP contribution in [-0.2, 0) is 6.42 Å². The molecule has 3 aromatic rings. The van der Waals surface area contributed by atoms with Crippen LogP contribution in [0.2, 0.25) is 5.02 Å². The van der Waals surface area contributed by atoms with E-state index in [1.165, 1.54) is 6.07 Å². The Kier molecular flexibility index (Phi) is 4.44. The van der Waals surface area contributed by atoms with E-state index in [4.69, 9.17) is 11.6 Å². The minimum Gasteiger partial charge on any atom is -0.506 e. The Bertz CT molecular complexity index is 921. The molecule has 1 heterocycles. The molecule has 8 heteroatoms. The Morgan fingerprint density at radius 2 is 1.88 bits per heavy atom. The molecule has 2 aromatic carbocycles. The zero-order valence-corrected chi connectivity index (χ0v) is 12.9. The molecule has 3 rings (SSSR count). The van der Waals surface area contributed by atoms with Crippen molar-refractivity contribution in [1.29, 1.82) is 0 Å². The third-order valence-corrected chi connectivity index (χ3v) is 3.78. The number of rotatable bonds is 4. The molecule has 0 atom stereocenters. The summed E-state index contributed by atoms with van der Waals surface area (Å²) in [4.78, 5) is 7.50. The Morgan fingerprint density at radius 3 is 2.62 bits per heavy atom. The van der Waals surface area contributed by atoms with Gasteiger partial charge < -0.3 is 10.4 Å². The molecule has 0 radical (unpaired) electrons. The number of phenols is 1. The fourth-order valence-electron chi connectivity index (χ4n) is 2.30. The van der Waals surface area contributed by atoms with E-state index in [0.717, 1.165) is 11.9 Å². The topological polar surface area (TPSA) is 58.0 Å². The number of nitrogens with one attached hydrogen (secondary N) is 1. The summed E-state index contributed by atoms with van der Waals surface area (Å²) in [6.45, 7) is 0.310. The molecule has 24 heavy (non-hydrogen) atoms. The van der Waals surface area contributed by atoms with Crippen molar-refractivity contribution in [2.75, 3.05) is 11.9 Å². The maximum Gasteiger partial charge on any atom is 0.172 e. The predicted molar refractivity (Wildman–Crippen MR) is 84.7 cm³/mol. The van der Waals surface area contributed by atoms with E-state index in [1.54, 1.807) is 12.1 Å². The Balaban J connectivity index is 1.84. The normalized spacial score (nSPS) is 11.0. The third kappa shape index (κ3) is 3.07. The summed E-state index contributed by atoms with van der Waals surface area (Å²) in [7, 11) is 0. The molecule has 0 aliphatic rings. The first-order valence-corrected chi connectivity index (χ1v) is 7.34. The average molecular weight is 354 g/mol. The first-order chi connectivity index (χ1) is 11.5. The van der Waals surface area contributed by atoms with Crippen LogP contribution in [0.25, 0.3) is 10.9 Å². The Hall–Kier alpha value is -2.54. The van der Waals surface area contributed by atoms with E-state index in [-0.39, 0.29) is 27.5 Å². The van der Waals surface area contributed by atoms with Gasteiger partial charge in [-0.1, -0.05) is 17.7 Å². The standard InChI is InChI=1S/C16H11ClF3N3O/c17-9-5-8(1-2-12(9)24)3-4-21-16-13-14(20)10(18)6-11(19)15(13)22-7-23-16/h1-2,5-7,24H,3-4H2,(H,21,22,23). The van der Waals surface area contributed by atoms with Crippen LogP contribution < -0.4 is 5.32 Å². The van der Waals surface area contributed by atoms with Crippen LogP contribution >= 0.6 is 11.6 Å². The van der Waals surface area contributed by atoms with Gasteiger partial charge in [0.05, 0.1) is 10.4 Å². The molecule has 0 unspecified atom stereocenters. The van der Waals surface area contributed by atoms with Crippen molar-refractivity contribution in [2.45, 2.75) is 6.42 Å². The van der Waals surface area contributed by atoms with Gasteiger partial charge in [0.15, 0.2) is 17.5 Å². The van der Waals surface area contributed by atoms with Crippen molar-refractivity contribution >= 4 is 28.3 Å². The zero-order valence-electron chi connectivity index (χ0n) is 12.2. The third-order valence-electron chi connectivity index (χ3n) is 3.47. The van der Waals surface area contributed by atoms with Crippen LogP contribution in [0.5, 0.6) is 5.75 Å². The van der Waals surface area contributed by atoms with E-state index in [2.05, 4.69) is 15.3 Å². The summed E-state index contributed by atoms with van der Waals surface area (Å²) < 4.78 is 41.1. The molecule has 0 fully saturated rings. The van der Waals surface area contributed by atoms with Gasteiger partial charge in [0.25, 0.3) is 0 Å². The first-order valence-electron chi connectivity index (χ1n) is 6.97. The van der Waals surface area contributed by atoms with Crippen LogP contribution in [0.4, 0.5) is 19.0 Å². The lowest BCUT2D eigenvalue weighted by atomic mass is 10.1. The highest BCUT2D eigenvalue weighted by Gasteiger charge is 2.17. The second-order valence-corrected chi connectivity index (χ2v) is 5.47. The van der Waals surface area contributed by atoms with E-state index >= 15 is 0 Å². The number of aromatic nitrogens is 2. The molecule has 4 nitrogen and oxygen atoms in total. The number of anilines is 1. The Morgan fingerprint density at radius 1 is 1.08 bits per heavy atom. The van der Waals surface area contributed by atoms with Crippen molar-refractivity contribution in [2.24, 2.45) is 0 Å². The molecule has 0 saturated heterocycles. The van der Waals surface area contributed by atoms with Gasteiger partial charge in [0.2, 0.25) is 0 Å². The smallest absolute Gasteiger partial charge is 0.172 e. The Labute approximate surface area is 139 Å². The molecular weight excluding hydrogens is 343 g/mol. The van der Waals surface area contributed by atoms with Crippen LogP contribution in [0.15, 0.2) is 30.6 Å². The average Bonchev–Trinajstić information content (AvgIpc) is 2.56. The number of benzene rings is 2. The molecule has 0 spiro atoms. The summed E-state index contributed by atoms with van der Waals surface area (Å²) in [6, 6.07) is 5.19. The van der Waals surface area contributed by atoms with Crippen molar-refractivity contribution < 1.29 is 18.3 Å². The van der Waals surface area contributed by atoms with Crippen LogP contribution in [0.3, 0.4) is 0 Å². The van der Waals surface area contributed by atoms with E-state index in [1.807, 2.05) is 0 Å². The zero-order chi connectivity index (χ0) is 17.3. The fraction of sp³-hybridized carbons (Fsp3) is 0.125. The first kappa shape index (κ1) is 16.3. The van der Waals surface area contributed by atoms with Crippen molar-refractivity contribution in [3.63, 3.8) is 0 Å². The summed E-state index contributed by atoms with van der Waals surface area (Å²) in [6.07, 6.45) is 1.55. The number of aromatic hydroxyl groups is 1. The minimum atomic E-state index is -1.30. The van der Waals surface area contributed by atoms with Crippen LogP contribution in [-0.4, -0.2) is 21.6 Å². The fourth-order valence-corrected chi connectivity index (χ4v) is 2.51. The largest absolute Gasteiger partial charge is 0.506 e. The molecule has 0 bridgehead atoms. The molecule has 0 aliphatic heterocycles. The van der Waals surface area contributed by atoms with Crippen molar-refractivity contribution in [1.82, 2.24) is 9.97 Å². The highest BCUT2D eigenvalue weighted by atomic mass is 35.5. The molecule has 0 amide bonds. The van der Waals surface area contributed by atoms with Crippen LogP contribution in [0.1, 0.15) is 5.56 Å². The molecular formula is C16H11ClF3N3O. The van der Waals surface area contributed by atoms with Gasteiger partial charge in [-0.15, -0.1) is 0 Å². The number of phenolic OH excluding ortho intramolecular Hbond substituents is 1. The summed E-state index contributed by atoms with van der Waals surface area (Å²) in [5.74, 6) is -3.49. The SMILES string of the molecule is Oc1ccc(CCNc2ncnc3c(F)cc(F)c(F)c23)cc1Cl. The lowest BCUT2D eigenvalue weighted by molar-refractivity contribution is 0.475. The second kappa shape index (κ2) is 6.52. The monoisotopic (exact) mass is 353 g/mol. The second-order valence-electron chi connectivity index (χ2n) is 5.06. The summed E-state index contributed by atoms with van der Waals surface area (Å²) >= 11 is 5.82. The van der Waals surface area contributed by atoms with Crippen LogP contribution in [0, 0.1) is 17.5 Å². The number of hydrogen-bond donors (Lipinski definition) is 2. The lowest BCUT2D eigenvalue weighted by Crippen LogP contribution is -2.08. The maximum absolute atomic E-state index is 14.0. The van der Waals surface area contributed by atoms with Gasteiger partial charge in [0.1, 0.15) is 23.4 Å². The maximum atomic E-state index is 14.0. The summed E-state index contributed by atoms with van der Waals surface area (Å²) in [5.41, 5.74) is 0.528. The van der Waals surface area contributed by atoms with Gasteiger partial charge in [0, 0.05) is 12.6 Å². The van der Waals surface area contributed by atoms with Gasteiger partial charge >= 0.3 is 0 Å². The molecule has 2 N–H and O–H groups in total. The molecule has 0 aliphatic carbocycles. The summed E-state index contributed by atoms with van der Waals surface area (Å²) in [5, 5.41) is 12.1. The highest BCUT2D eigenvalue weighted by molar-refractivity contribution is 6.32. The number of nitrogens with zero attached hydrogens (tertiary/aromatic N) is 2. The quantitative estimate of drug-likeness (QED) is 0.694. The van der Waals surface area contributed by atoms with Gasteiger partial charge in [-0.25, -0.2) is 23.1 Å². The van der Waals surface area contributed by atoms with E-state index in [9.17, 15) is 18.3 Å². The molecule has 1 aromatic heterocycles.